The van der Waals surface area contributed by atoms with Crippen LogP contribution in [0.5, 0.6) is 17.2 Å². The van der Waals surface area contributed by atoms with Gasteiger partial charge >= 0.3 is 0 Å². The first-order valence-corrected chi connectivity index (χ1v) is 12.8. The fraction of sp³-hybridized carbons (Fsp3) is 0.267. The van der Waals surface area contributed by atoms with Gasteiger partial charge in [0.05, 0.1) is 24.8 Å². The fourth-order valence-electron chi connectivity index (χ4n) is 4.34. The van der Waals surface area contributed by atoms with Crippen LogP contribution >= 0.6 is 11.6 Å². The molecule has 1 saturated heterocycles. The molecular weight excluding hydrogens is 506 g/mol. The number of aromatic hydroxyl groups is 1. The lowest BCUT2D eigenvalue weighted by Crippen LogP contribution is -2.30. The van der Waals surface area contributed by atoms with Gasteiger partial charge in [0.1, 0.15) is 11.5 Å². The summed E-state index contributed by atoms with van der Waals surface area (Å²) in [6.45, 7) is 8.51. The van der Waals surface area contributed by atoms with Crippen molar-refractivity contribution in [3.05, 3.63) is 87.9 Å². The molecule has 8 heteroatoms. The molecular formula is C30H30ClNO6. The third-order valence-corrected chi connectivity index (χ3v) is 6.42. The number of phenolic OH excluding ortho intramolecular Hbond substituents is 1. The zero-order valence-electron chi connectivity index (χ0n) is 21.7. The van der Waals surface area contributed by atoms with Crippen LogP contribution in [-0.4, -0.2) is 35.1 Å². The maximum absolute atomic E-state index is 13.5. The molecule has 1 aliphatic heterocycles. The summed E-state index contributed by atoms with van der Waals surface area (Å²) in [5.74, 6) is -0.865. The number of carbonyl (C=O) groups excluding carboxylic acids is 2. The van der Waals surface area contributed by atoms with E-state index in [1.807, 2.05) is 13.8 Å². The molecule has 1 amide bonds. The molecule has 1 atom stereocenters. The maximum Gasteiger partial charge on any atom is 0.300 e. The molecule has 1 unspecified atom stereocenters. The number of ether oxygens (including phenoxy) is 2. The quantitative estimate of drug-likeness (QED) is 0.196. The summed E-state index contributed by atoms with van der Waals surface area (Å²) in [7, 11) is 0. The third kappa shape index (κ3) is 5.34. The van der Waals surface area contributed by atoms with Crippen LogP contribution in [0.25, 0.3) is 5.76 Å². The molecule has 198 valence electrons. The number of hydrogen-bond acceptors (Lipinski definition) is 6. The van der Waals surface area contributed by atoms with Gasteiger partial charge in [-0.05, 0) is 79.4 Å². The van der Waals surface area contributed by atoms with Gasteiger partial charge in [0, 0.05) is 16.3 Å². The van der Waals surface area contributed by atoms with Crippen molar-refractivity contribution >= 4 is 34.7 Å². The number of anilines is 1. The van der Waals surface area contributed by atoms with Gasteiger partial charge in [-0.2, -0.15) is 0 Å². The van der Waals surface area contributed by atoms with E-state index < -0.39 is 17.7 Å². The van der Waals surface area contributed by atoms with Gasteiger partial charge < -0.3 is 19.7 Å². The molecule has 0 bridgehead atoms. The minimum atomic E-state index is -0.996. The lowest BCUT2D eigenvalue weighted by molar-refractivity contribution is -0.132. The second-order valence-electron chi connectivity index (χ2n) is 9.49. The van der Waals surface area contributed by atoms with Crippen LogP contribution in [0.3, 0.4) is 0 Å². The van der Waals surface area contributed by atoms with Crippen molar-refractivity contribution in [2.24, 2.45) is 5.92 Å². The first-order valence-electron chi connectivity index (χ1n) is 12.4. The Kier molecular flexibility index (Phi) is 7.97. The molecule has 0 aliphatic carbocycles. The molecule has 7 nitrogen and oxygen atoms in total. The average molecular weight is 536 g/mol. The molecule has 3 aromatic carbocycles. The predicted molar refractivity (Wildman–Crippen MR) is 147 cm³/mol. The molecule has 0 saturated carbocycles. The number of benzene rings is 3. The van der Waals surface area contributed by atoms with Gasteiger partial charge in [-0.15, -0.1) is 0 Å². The van der Waals surface area contributed by atoms with Crippen LogP contribution in [0.2, 0.25) is 5.02 Å². The summed E-state index contributed by atoms with van der Waals surface area (Å²) < 4.78 is 11.3. The number of halogens is 1. The van der Waals surface area contributed by atoms with Crippen molar-refractivity contribution in [2.75, 3.05) is 18.1 Å². The van der Waals surface area contributed by atoms with Gasteiger partial charge in [0.2, 0.25) is 0 Å². The Hall–Kier alpha value is -3.97. The Morgan fingerprint density at radius 2 is 1.74 bits per heavy atom. The van der Waals surface area contributed by atoms with E-state index in [1.54, 1.807) is 68.4 Å². The summed E-state index contributed by atoms with van der Waals surface area (Å²) in [6, 6.07) is 15.4. The van der Waals surface area contributed by atoms with Crippen LogP contribution in [0.1, 0.15) is 43.5 Å². The topological polar surface area (TPSA) is 96.3 Å². The number of amides is 1. The standard InChI is InChI=1S/C30H30ClNO6/c1-5-37-25-14-20(9-13-24(25)33)27-26(28(34)19-7-11-22(12-8-19)38-16-17(2)3)29(35)30(36)32(27)23-15-21(31)10-6-18(23)4/h6-15,17,27,33-34H,5,16H2,1-4H3/b28-26+. The van der Waals surface area contributed by atoms with Crippen molar-refractivity contribution in [1.82, 2.24) is 0 Å². The SMILES string of the molecule is CCOc1cc(C2/C(=C(\O)c3ccc(OCC(C)C)cc3)C(=O)C(=O)N2c2cc(Cl)ccc2C)ccc1O. The second kappa shape index (κ2) is 11.2. The fourth-order valence-corrected chi connectivity index (χ4v) is 4.50. The molecule has 38 heavy (non-hydrogen) atoms. The molecule has 0 aromatic heterocycles. The van der Waals surface area contributed by atoms with E-state index in [-0.39, 0.29) is 22.8 Å². The number of phenols is 1. The molecule has 1 aliphatic rings. The van der Waals surface area contributed by atoms with E-state index in [1.165, 1.54) is 11.0 Å². The number of hydrogen-bond donors (Lipinski definition) is 2. The van der Waals surface area contributed by atoms with E-state index in [4.69, 9.17) is 21.1 Å². The zero-order valence-corrected chi connectivity index (χ0v) is 22.5. The number of carbonyl (C=O) groups is 2. The summed E-state index contributed by atoms with van der Waals surface area (Å²) in [4.78, 5) is 28.3. The van der Waals surface area contributed by atoms with Crippen molar-refractivity contribution in [3.8, 4) is 17.2 Å². The Labute approximate surface area is 226 Å². The minimum Gasteiger partial charge on any atom is -0.507 e. The highest BCUT2D eigenvalue weighted by molar-refractivity contribution is 6.52. The monoisotopic (exact) mass is 535 g/mol. The number of Topliss-reactive ketones (excluding diaryl/α,β-unsaturated/α-hetero) is 1. The van der Waals surface area contributed by atoms with Crippen molar-refractivity contribution in [2.45, 2.75) is 33.7 Å². The first-order chi connectivity index (χ1) is 18.1. The summed E-state index contributed by atoms with van der Waals surface area (Å²) in [5.41, 5.74) is 1.90. The highest BCUT2D eigenvalue weighted by atomic mass is 35.5. The molecule has 1 fully saturated rings. The minimum absolute atomic E-state index is 0.0801. The van der Waals surface area contributed by atoms with Gasteiger partial charge in [0.25, 0.3) is 11.7 Å². The summed E-state index contributed by atoms with van der Waals surface area (Å²) in [5, 5.41) is 22.1. The van der Waals surface area contributed by atoms with Crippen LogP contribution in [0.15, 0.2) is 66.2 Å². The van der Waals surface area contributed by atoms with Crippen LogP contribution in [0.4, 0.5) is 5.69 Å². The maximum atomic E-state index is 13.5. The smallest absolute Gasteiger partial charge is 0.300 e. The van der Waals surface area contributed by atoms with Crippen molar-refractivity contribution < 1.29 is 29.3 Å². The number of ketones is 1. The normalized spacial score (nSPS) is 16.8. The van der Waals surface area contributed by atoms with E-state index in [0.29, 0.717) is 46.7 Å². The zero-order chi connectivity index (χ0) is 27.6. The van der Waals surface area contributed by atoms with E-state index in [0.717, 1.165) is 5.56 Å². The largest absolute Gasteiger partial charge is 0.507 e. The molecule has 2 N–H and O–H groups in total. The lowest BCUT2D eigenvalue weighted by atomic mass is 9.94. The first kappa shape index (κ1) is 27.1. The van der Waals surface area contributed by atoms with Crippen molar-refractivity contribution in [3.63, 3.8) is 0 Å². The van der Waals surface area contributed by atoms with Gasteiger partial charge in [-0.3, -0.25) is 14.5 Å². The number of rotatable bonds is 8. The number of aliphatic hydroxyl groups excluding tert-OH is 1. The highest BCUT2D eigenvalue weighted by Gasteiger charge is 2.47. The Morgan fingerprint density at radius 1 is 1.03 bits per heavy atom. The average Bonchev–Trinajstić information content (AvgIpc) is 3.15. The molecule has 4 rings (SSSR count). The van der Waals surface area contributed by atoms with E-state index in [2.05, 4.69) is 0 Å². The number of nitrogens with zero attached hydrogens (tertiary/aromatic N) is 1. The number of aryl methyl sites for hydroxylation is 1. The molecule has 0 radical (unpaired) electrons. The molecule has 0 spiro atoms. The van der Waals surface area contributed by atoms with Crippen LogP contribution in [0, 0.1) is 12.8 Å². The number of aliphatic hydroxyl groups is 1. The second-order valence-corrected chi connectivity index (χ2v) is 9.93. The predicted octanol–water partition coefficient (Wildman–Crippen LogP) is 6.41. The third-order valence-electron chi connectivity index (χ3n) is 6.19. The van der Waals surface area contributed by atoms with E-state index >= 15 is 0 Å². The summed E-state index contributed by atoms with van der Waals surface area (Å²) >= 11 is 6.27. The highest BCUT2D eigenvalue weighted by Crippen LogP contribution is 2.45. The van der Waals surface area contributed by atoms with Crippen LogP contribution < -0.4 is 14.4 Å². The van der Waals surface area contributed by atoms with Crippen molar-refractivity contribution in [1.29, 1.82) is 0 Å². The van der Waals surface area contributed by atoms with Gasteiger partial charge in [0.15, 0.2) is 11.5 Å². The molecule has 1 heterocycles. The van der Waals surface area contributed by atoms with Gasteiger partial charge in [-0.25, -0.2) is 0 Å². The Balaban J connectivity index is 1.89. The van der Waals surface area contributed by atoms with Gasteiger partial charge in [-0.1, -0.05) is 37.6 Å². The Morgan fingerprint density at radius 3 is 2.39 bits per heavy atom. The summed E-state index contributed by atoms with van der Waals surface area (Å²) in [6.07, 6.45) is 0. The van der Waals surface area contributed by atoms with E-state index in [9.17, 15) is 19.8 Å². The lowest BCUT2D eigenvalue weighted by Gasteiger charge is -2.27. The Bertz CT molecular complexity index is 1400. The molecule has 3 aromatic rings. The van der Waals surface area contributed by atoms with Crippen LogP contribution in [-0.2, 0) is 9.59 Å².